The maximum absolute atomic E-state index is 11.7. The molecule has 1 amide bonds. The number of nitrogens with one attached hydrogen (secondary N) is 1. The van der Waals surface area contributed by atoms with E-state index >= 15 is 0 Å². The van der Waals surface area contributed by atoms with E-state index in [0.717, 1.165) is 6.26 Å². The Morgan fingerprint density at radius 3 is 2.88 bits per heavy atom. The number of hydrogen-bond donors (Lipinski definition) is 1. The van der Waals surface area contributed by atoms with Crippen molar-refractivity contribution in [1.82, 2.24) is 5.32 Å². The molecule has 0 saturated carbocycles. The van der Waals surface area contributed by atoms with Gasteiger partial charge in [-0.2, -0.15) is 0 Å². The lowest BCUT2D eigenvalue weighted by molar-refractivity contribution is 0.0956. The molecule has 0 aliphatic carbocycles. The van der Waals surface area contributed by atoms with Crippen molar-refractivity contribution in [3.05, 3.63) is 52.6 Å². The molecule has 0 fully saturated rings. The molecule has 122 valence electrons. The fourth-order valence-corrected chi connectivity index (χ4v) is 1.91. The fraction of sp³-hybridized carbons (Fsp3) is 0.176. The summed E-state index contributed by atoms with van der Waals surface area (Å²) in [5.74, 6) is 7.13. The summed E-state index contributed by atoms with van der Waals surface area (Å²) in [6.45, 7) is 0.543. The number of carbonyl (C=O) groups excluding carboxylic acids is 1. The van der Waals surface area contributed by atoms with Crippen LogP contribution in [-0.4, -0.2) is 25.9 Å². The topological polar surface area (TPSA) is 87.0 Å². The van der Waals surface area contributed by atoms with Crippen molar-refractivity contribution < 1.29 is 23.4 Å². The number of carbonyl (C=O) groups is 1. The monoisotopic (exact) mass is 327 g/mol. The zero-order valence-corrected chi connectivity index (χ0v) is 12.5. The highest BCUT2D eigenvalue weighted by atomic mass is 16.7. The minimum atomic E-state index is -0.507. The summed E-state index contributed by atoms with van der Waals surface area (Å²) in [5.41, 5.74) is -0.250. The lowest BCUT2D eigenvalue weighted by atomic mass is 10.3. The largest absolute Gasteiger partial charge is 0.481 e. The normalized spacial score (nSPS) is 11.3. The van der Waals surface area contributed by atoms with Crippen LogP contribution in [0, 0.1) is 11.8 Å². The van der Waals surface area contributed by atoms with Gasteiger partial charge >= 0.3 is 5.63 Å². The molecule has 1 aromatic carbocycles. The van der Waals surface area contributed by atoms with E-state index in [1.165, 1.54) is 12.1 Å². The molecule has 1 aromatic heterocycles. The summed E-state index contributed by atoms with van der Waals surface area (Å²) >= 11 is 0. The number of amides is 1. The van der Waals surface area contributed by atoms with E-state index in [1.54, 1.807) is 18.2 Å². The number of hydrogen-bond acceptors (Lipinski definition) is 6. The molecule has 7 nitrogen and oxygen atoms in total. The van der Waals surface area contributed by atoms with Crippen LogP contribution < -0.4 is 25.2 Å². The molecule has 0 spiro atoms. The van der Waals surface area contributed by atoms with Gasteiger partial charge in [-0.1, -0.05) is 11.8 Å². The molecule has 0 atom stereocenters. The predicted octanol–water partition coefficient (Wildman–Crippen LogP) is 1.18. The van der Waals surface area contributed by atoms with Gasteiger partial charge in [0.25, 0.3) is 5.91 Å². The SMILES string of the molecule is O=C(NCC#CCOc1ccc2c(c1)OCO2)c1ccc(=O)oc1. The van der Waals surface area contributed by atoms with Gasteiger partial charge in [0.1, 0.15) is 18.6 Å². The summed E-state index contributed by atoms with van der Waals surface area (Å²) in [6, 6.07) is 7.83. The van der Waals surface area contributed by atoms with Gasteiger partial charge in [-0.3, -0.25) is 4.79 Å². The molecule has 3 rings (SSSR count). The highest BCUT2D eigenvalue weighted by Crippen LogP contribution is 2.34. The lowest BCUT2D eigenvalue weighted by Crippen LogP contribution is -2.23. The molecule has 1 aliphatic rings. The van der Waals surface area contributed by atoms with E-state index in [4.69, 9.17) is 14.2 Å². The third kappa shape index (κ3) is 3.87. The minimum Gasteiger partial charge on any atom is -0.481 e. The Morgan fingerprint density at radius 2 is 2.04 bits per heavy atom. The maximum Gasteiger partial charge on any atom is 0.335 e. The summed E-state index contributed by atoms with van der Waals surface area (Å²) in [4.78, 5) is 22.5. The van der Waals surface area contributed by atoms with Gasteiger partial charge in [0, 0.05) is 12.1 Å². The van der Waals surface area contributed by atoms with Gasteiger partial charge in [0.15, 0.2) is 11.5 Å². The van der Waals surface area contributed by atoms with Crippen molar-refractivity contribution >= 4 is 5.91 Å². The standard InChI is InChI=1S/C17H13NO6/c19-16-6-3-12(10-22-16)17(20)18-7-1-2-8-21-13-4-5-14-15(9-13)24-11-23-14/h3-6,9-10H,7-8,11H2,(H,18,20). The van der Waals surface area contributed by atoms with E-state index in [1.807, 2.05) is 0 Å². The average Bonchev–Trinajstić information content (AvgIpc) is 3.06. The summed E-state index contributed by atoms with van der Waals surface area (Å²) in [6.07, 6.45) is 1.11. The van der Waals surface area contributed by atoms with Gasteiger partial charge in [0.2, 0.25) is 6.79 Å². The Labute approximate surface area is 137 Å². The molecule has 2 aromatic rings. The van der Waals surface area contributed by atoms with Gasteiger partial charge in [0.05, 0.1) is 12.1 Å². The predicted molar refractivity (Wildman–Crippen MR) is 83.1 cm³/mol. The molecular weight excluding hydrogens is 314 g/mol. The van der Waals surface area contributed by atoms with Crippen molar-refractivity contribution in [2.45, 2.75) is 0 Å². The molecule has 0 saturated heterocycles. The molecule has 0 unspecified atom stereocenters. The number of fused-ring (bicyclic) bond motifs is 1. The molecule has 24 heavy (non-hydrogen) atoms. The van der Waals surface area contributed by atoms with Gasteiger partial charge in [-0.25, -0.2) is 4.79 Å². The Bertz CT molecular complexity index is 841. The minimum absolute atomic E-state index is 0.155. The Balaban J connectivity index is 1.42. The lowest BCUT2D eigenvalue weighted by Gasteiger charge is -2.03. The first-order valence-corrected chi connectivity index (χ1v) is 7.07. The number of benzene rings is 1. The molecular formula is C17H13NO6. The molecule has 1 aliphatic heterocycles. The van der Waals surface area contributed by atoms with Crippen molar-refractivity contribution in [3.8, 4) is 29.1 Å². The Kier molecular flexibility index (Phi) is 4.68. The van der Waals surface area contributed by atoms with Crippen LogP contribution in [0.1, 0.15) is 10.4 Å². The van der Waals surface area contributed by atoms with Crippen LogP contribution in [0.3, 0.4) is 0 Å². The van der Waals surface area contributed by atoms with E-state index in [9.17, 15) is 9.59 Å². The molecule has 7 heteroatoms. The maximum atomic E-state index is 11.7. The molecule has 0 radical (unpaired) electrons. The van der Waals surface area contributed by atoms with Crippen LogP contribution in [0.2, 0.25) is 0 Å². The van der Waals surface area contributed by atoms with Crippen molar-refractivity contribution in [2.24, 2.45) is 0 Å². The van der Waals surface area contributed by atoms with E-state index in [-0.39, 0.29) is 31.4 Å². The van der Waals surface area contributed by atoms with Gasteiger partial charge in [-0.15, -0.1) is 0 Å². The summed E-state index contributed by atoms with van der Waals surface area (Å²) < 4.78 is 20.5. The third-order valence-corrected chi connectivity index (χ3v) is 3.08. The molecule has 0 bridgehead atoms. The van der Waals surface area contributed by atoms with Crippen LogP contribution in [0.25, 0.3) is 0 Å². The average molecular weight is 327 g/mol. The zero-order chi connectivity index (χ0) is 16.8. The van der Waals surface area contributed by atoms with Gasteiger partial charge < -0.3 is 23.9 Å². The first-order chi connectivity index (χ1) is 11.7. The van der Waals surface area contributed by atoms with Crippen molar-refractivity contribution in [1.29, 1.82) is 0 Å². The van der Waals surface area contributed by atoms with Gasteiger partial charge in [-0.05, 0) is 18.2 Å². The van der Waals surface area contributed by atoms with E-state index in [2.05, 4.69) is 21.6 Å². The van der Waals surface area contributed by atoms with Crippen molar-refractivity contribution in [2.75, 3.05) is 19.9 Å². The van der Waals surface area contributed by atoms with E-state index in [0.29, 0.717) is 17.2 Å². The highest BCUT2D eigenvalue weighted by molar-refractivity contribution is 5.93. The summed E-state index contributed by atoms with van der Waals surface area (Å²) in [5, 5.41) is 2.58. The Hall–Kier alpha value is -3.40. The second-order valence-electron chi connectivity index (χ2n) is 4.68. The first kappa shape index (κ1) is 15.5. The number of rotatable bonds is 4. The Morgan fingerprint density at radius 1 is 1.17 bits per heavy atom. The summed E-state index contributed by atoms with van der Waals surface area (Å²) in [7, 11) is 0. The van der Waals surface area contributed by atoms with Crippen molar-refractivity contribution in [3.63, 3.8) is 0 Å². The van der Waals surface area contributed by atoms with Crippen LogP contribution in [0.5, 0.6) is 17.2 Å². The van der Waals surface area contributed by atoms with Crippen LogP contribution in [0.15, 0.2) is 45.8 Å². The second-order valence-corrected chi connectivity index (χ2v) is 4.68. The van der Waals surface area contributed by atoms with Crippen LogP contribution in [0.4, 0.5) is 0 Å². The molecule has 2 heterocycles. The third-order valence-electron chi connectivity index (χ3n) is 3.08. The van der Waals surface area contributed by atoms with E-state index < -0.39 is 5.63 Å². The highest BCUT2D eigenvalue weighted by Gasteiger charge is 2.13. The zero-order valence-electron chi connectivity index (χ0n) is 12.5. The fourth-order valence-electron chi connectivity index (χ4n) is 1.91. The quantitative estimate of drug-likeness (QED) is 0.849. The number of ether oxygens (including phenoxy) is 3. The van der Waals surface area contributed by atoms with Crippen LogP contribution >= 0.6 is 0 Å². The molecule has 1 N–H and O–H groups in total. The van der Waals surface area contributed by atoms with Crippen LogP contribution in [-0.2, 0) is 0 Å². The first-order valence-electron chi connectivity index (χ1n) is 7.07. The second kappa shape index (κ2) is 7.24. The smallest absolute Gasteiger partial charge is 0.335 e.